The standard InChI is InChI=1S/C11H18F5N/c12-10(13,11(14,15)16)7-3-1-2-5-9-6-4-8-17-9/h9,17H,1-8H2. The van der Waals surface area contributed by atoms with Gasteiger partial charge in [0.25, 0.3) is 0 Å². The lowest BCUT2D eigenvalue weighted by atomic mass is 10.0. The van der Waals surface area contributed by atoms with Crippen molar-refractivity contribution in [3.63, 3.8) is 0 Å². The van der Waals surface area contributed by atoms with E-state index in [1.54, 1.807) is 0 Å². The molecule has 0 spiro atoms. The Balaban J connectivity index is 2.07. The van der Waals surface area contributed by atoms with Crippen molar-refractivity contribution in [2.45, 2.75) is 63.1 Å². The Morgan fingerprint density at radius 1 is 1.00 bits per heavy atom. The summed E-state index contributed by atoms with van der Waals surface area (Å²) in [5, 5.41) is 3.26. The third kappa shape index (κ3) is 4.77. The number of halogens is 5. The zero-order valence-corrected chi connectivity index (χ0v) is 9.62. The van der Waals surface area contributed by atoms with Gasteiger partial charge >= 0.3 is 12.1 Å². The number of alkyl halides is 5. The summed E-state index contributed by atoms with van der Waals surface area (Å²) in [5.41, 5.74) is 0. The molecule has 1 N–H and O–H groups in total. The molecule has 1 aliphatic rings. The van der Waals surface area contributed by atoms with Crippen LogP contribution in [-0.2, 0) is 0 Å². The molecule has 1 atom stereocenters. The fourth-order valence-electron chi connectivity index (χ4n) is 2.06. The van der Waals surface area contributed by atoms with Crippen molar-refractivity contribution in [1.29, 1.82) is 0 Å². The van der Waals surface area contributed by atoms with E-state index in [0.29, 0.717) is 18.9 Å². The fraction of sp³-hybridized carbons (Fsp3) is 1.00. The molecule has 0 aromatic heterocycles. The average molecular weight is 259 g/mol. The first-order valence-corrected chi connectivity index (χ1v) is 6.01. The molecule has 17 heavy (non-hydrogen) atoms. The van der Waals surface area contributed by atoms with Crippen LogP contribution in [0.25, 0.3) is 0 Å². The van der Waals surface area contributed by atoms with E-state index >= 15 is 0 Å². The number of rotatable bonds is 6. The van der Waals surface area contributed by atoms with Crippen molar-refractivity contribution in [2.24, 2.45) is 0 Å². The first-order valence-electron chi connectivity index (χ1n) is 6.01. The van der Waals surface area contributed by atoms with Crippen LogP contribution in [0.4, 0.5) is 22.0 Å². The van der Waals surface area contributed by atoms with Crippen molar-refractivity contribution in [1.82, 2.24) is 5.32 Å². The second-order valence-corrected chi connectivity index (χ2v) is 4.59. The Hall–Kier alpha value is -0.390. The molecule has 1 aliphatic heterocycles. The van der Waals surface area contributed by atoms with Gasteiger partial charge in [0.1, 0.15) is 0 Å². The maximum atomic E-state index is 12.5. The molecule has 102 valence electrons. The summed E-state index contributed by atoms with van der Waals surface area (Å²) in [7, 11) is 0. The Morgan fingerprint density at radius 3 is 2.24 bits per heavy atom. The summed E-state index contributed by atoms with van der Waals surface area (Å²) in [6.45, 7) is 0.983. The molecule has 0 aliphatic carbocycles. The molecule has 6 heteroatoms. The average Bonchev–Trinajstić information content (AvgIpc) is 2.68. The number of hydrogen-bond acceptors (Lipinski definition) is 1. The summed E-state index contributed by atoms with van der Waals surface area (Å²) in [6.07, 6.45) is -2.34. The lowest BCUT2D eigenvalue weighted by Gasteiger charge is -2.19. The maximum Gasteiger partial charge on any atom is 0.453 e. The van der Waals surface area contributed by atoms with Crippen molar-refractivity contribution in [2.75, 3.05) is 6.54 Å². The predicted octanol–water partition coefficient (Wildman–Crippen LogP) is 3.89. The monoisotopic (exact) mass is 259 g/mol. The van der Waals surface area contributed by atoms with Crippen LogP contribution in [0, 0.1) is 0 Å². The topological polar surface area (TPSA) is 12.0 Å². The summed E-state index contributed by atoms with van der Waals surface area (Å²) >= 11 is 0. The van der Waals surface area contributed by atoms with E-state index in [2.05, 4.69) is 5.32 Å². The minimum atomic E-state index is -5.40. The van der Waals surface area contributed by atoms with E-state index in [1.807, 2.05) is 0 Å². The normalized spacial score (nSPS) is 22.1. The highest BCUT2D eigenvalue weighted by molar-refractivity contribution is 4.76. The van der Waals surface area contributed by atoms with Crippen LogP contribution in [0.1, 0.15) is 44.9 Å². The number of nitrogens with one attached hydrogen (secondary N) is 1. The molecule has 0 saturated carbocycles. The maximum absolute atomic E-state index is 12.5. The molecule has 1 nitrogen and oxygen atoms in total. The van der Waals surface area contributed by atoms with Crippen molar-refractivity contribution in [3.8, 4) is 0 Å². The van der Waals surface area contributed by atoms with E-state index in [1.165, 1.54) is 0 Å². The van der Waals surface area contributed by atoms with Gasteiger partial charge in [-0.25, -0.2) is 0 Å². The van der Waals surface area contributed by atoms with E-state index in [4.69, 9.17) is 0 Å². The third-order valence-corrected chi connectivity index (χ3v) is 3.12. The van der Waals surface area contributed by atoms with E-state index in [-0.39, 0.29) is 6.42 Å². The summed E-state index contributed by atoms with van der Waals surface area (Å²) in [4.78, 5) is 0. The fourth-order valence-corrected chi connectivity index (χ4v) is 2.06. The van der Waals surface area contributed by atoms with Crippen LogP contribution in [0.5, 0.6) is 0 Å². The lowest BCUT2D eigenvalue weighted by molar-refractivity contribution is -0.284. The Kier molecular flexibility index (Phi) is 5.16. The van der Waals surface area contributed by atoms with Gasteiger partial charge < -0.3 is 5.32 Å². The molecule has 1 rings (SSSR count). The van der Waals surface area contributed by atoms with Crippen molar-refractivity contribution >= 4 is 0 Å². The van der Waals surface area contributed by atoms with Crippen molar-refractivity contribution in [3.05, 3.63) is 0 Å². The summed E-state index contributed by atoms with van der Waals surface area (Å²) in [6, 6.07) is 0.429. The van der Waals surface area contributed by atoms with E-state index < -0.39 is 18.5 Å². The second kappa shape index (κ2) is 5.98. The third-order valence-electron chi connectivity index (χ3n) is 3.12. The molecule has 0 bridgehead atoms. The summed E-state index contributed by atoms with van der Waals surface area (Å²) < 4.78 is 60.5. The Labute approximate surface area is 97.8 Å². The van der Waals surface area contributed by atoms with E-state index in [0.717, 1.165) is 25.8 Å². The highest BCUT2D eigenvalue weighted by atomic mass is 19.4. The van der Waals surface area contributed by atoms with Crippen LogP contribution in [0.3, 0.4) is 0 Å². The van der Waals surface area contributed by atoms with Crippen LogP contribution in [-0.4, -0.2) is 24.7 Å². The predicted molar refractivity (Wildman–Crippen MR) is 55.1 cm³/mol. The van der Waals surface area contributed by atoms with Gasteiger partial charge in [-0.05, 0) is 32.2 Å². The highest BCUT2D eigenvalue weighted by Crippen LogP contribution is 2.39. The zero-order chi connectivity index (χ0) is 12.9. The van der Waals surface area contributed by atoms with Crippen LogP contribution in [0.15, 0.2) is 0 Å². The lowest BCUT2D eigenvalue weighted by Crippen LogP contribution is -2.36. The first kappa shape index (κ1) is 14.7. The quantitative estimate of drug-likeness (QED) is 0.563. The van der Waals surface area contributed by atoms with Crippen LogP contribution < -0.4 is 5.32 Å². The molecular weight excluding hydrogens is 241 g/mol. The minimum Gasteiger partial charge on any atom is -0.314 e. The van der Waals surface area contributed by atoms with Gasteiger partial charge in [0.2, 0.25) is 0 Å². The largest absolute Gasteiger partial charge is 0.453 e. The molecule has 1 fully saturated rings. The number of hydrogen-bond donors (Lipinski definition) is 1. The molecule has 1 unspecified atom stereocenters. The molecule has 1 heterocycles. The SMILES string of the molecule is FC(F)(F)C(F)(F)CCCCCC1CCCN1. The summed E-state index contributed by atoms with van der Waals surface area (Å²) in [5.74, 6) is -4.53. The van der Waals surface area contributed by atoms with Gasteiger partial charge in [-0.15, -0.1) is 0 Å². The minimum absolute atomic E-state index is 0.0702. The Morgan fingerprint density at radius 2 is 1.71 bits per heavy atom. The van der Waals surface area contributed by atoms with Gasteiger partial charge in [-0.1, -0.05) is 12.8 Å². The highest BCUT2D eigenvalue weighted by Gasteiger charge is 2.56. The molecule has 1 saturated heterocycles. The second-order valence-electron chi connectivity index (χ2n) is 4.59. The zero-order valence-electron chi connectivity index (χ0n) is 9.62. The van der Waals surface area contributed by atoms with Crippen LogP contribution in [0.2, 0.25) is 0 Å². The van der Waals surface area contributed by atoms with Gasteiger partial charge in [-0.3, -0.25) is 0 Å². The number of unbranched alkanes of at least 4 members (excludes halogenated alkanes) is 2. The van der Waals surface area contributed by atoms with Gasteiger partial charge in [0.05, 0.1) is 0 Å². The van der Waals surface area contributed by atoms with Gasteiger partial charge in [0, 0.05) is 12.5 Å². The smallest absolute Gasteiger partial charge is 0.314 e. The van der Waals surface area contributed by atoms with Gasteiger partial charge in [0.15, 0.2) is 0 Å². The first-order chi connectivity index (χ1) is 7.83. The van der Waals surface area contributed by atoms with Crippen molar-refractivity contribution < 1.29 is 22.0 Å². The molecule has 0 radical (unpaired) electrons. The van der Waals surface area contributed by atoms with Crippen LogP contribution >= 0.6 is 0 Å². The molecule has 0 amide bonds. The molecule has 0 aromatic rings. The Bertz CT molecular complexity index is 220. The molecule has 0 aromatic carbocycles. The molecular formula is C11H18F5N. The van der Waals surface area contributed by atoms with E-state index in [9.17, 15) is 22.0 Å². The van der Waals surface area contributed by atoms with Gasteiger partial charge in [-0.2, -0.15) is 22.0 Å².